The molecule has 1 aromatic rings. The van der Waals surface area contributed by atoms with Crippen molar-refractivity contribution in [2.45, 2.75) is 32.3 Å². The fourth-order valence-corrected chi connectivity index (χ4v) is 1.03. The first kappa shape index (κ1) is 8.34. The van der Waals surface area contributed by atoms with Crippen molar-refractivity contribution in [3.8, 4) is 0 Å². The topological polar surface area (TPSA) is 33.4 Å². The first-order valence-corrected chi connectivity index (χ1v) is 4.04. The predicted molar refractivity (Wildman–Crippen MR) is 43.2 cm³/mol. The Kier molecular flexibility index (Phi) is 3.17. The van der Waals surface area contributed by atoms with Gasteiger partial charge in [-0.15, -0.1) is 0 Å². The van der Waals surface area contributed by atoms with Crippen molar-refractivity contribution in [2.75, 3.05) is 0 Å². The highest BCUT2D eigenvalue weighted by Crippen LogP contribution is 2.18. The molecule has 0 saturated carbocycles. The highest BCUT2D eigenvalue weighted by Gasteiger charge is 2.06. The minimum Gasteiger partial charge on any atom is -0.472 e. The summed E-state index contributed by atoms with van der Waals surface area (Å²) in [5.41, 5.74) is 0.887. The summed E-state index contributed by atoms with van der Waals surface area (Å²) in [6.07, 6.45) is 5.86. The molecule has 0 fully saturated rings. The third-order valence-corrected chi connectivity index (χ3v) is 1.76. The van der Waals surface area contributed by atoms with Crippen LogP contribution in [0, 0.1) is 0 Å². The summed E-state index contributed by atoms with van der Waals surface area (Å²) in [6.45, 7) is 2.11. The molecule has 1 rings (SSSR count). The Morgan fingerprint density at radius 3 is 3.00 bits per heavy atom. The highest BCUT2D eigenvalue weighted by molar-refractivity contribution is 5.08. The van der Waals surface area contributed by atoms with Gasteiger partial charge in [-0.05, 0) is 12.5 Å². The van der Waals surface area contributed by atoms with E-state index in [4.69, 9.17) is 4.42 Å². The van der Waals surface area contributed by atoms with Crippen LogP contribution in [0.25, 0.3) is 0 Å². The molecule has 0 spiro atoms. The smallest absolute Gasteiger partial charge is 0.0960 e. The normalized spacial score (nSPS) is 13.3. The summed E-state index contributed by atoms with van der Waals surface area (Å²) in [6, 6.07) is 1.81. The summed E-state index contributed by atoms with van der Waals surface area (Å²) in [4.78, 5) is 0. The van der Waals surface area contributed by atoms with Crippen LogP contribution in [0.4, 0.5) is 0 Å². The lowest BCUT2D eigenvalue weighted by molar-refractivity contribution is 0.163. The minimum absolute atomic E-state index is 0.339. The van der Waals surface area contributed by atoms with Gasteiger partial charge in [0, 0.05) is 5.56 Å². The van der Waals surface area contributed by atoms with Gasteiger partial charge in [-0.25, -0.2) is 0 Å². The highest BCUT2D eigenvalue weighted by atomic mass is 16.3. The Morgan fingerprint density at radius 2 is 2.45 bits per heavy atom. The molecule has 0 radical (unpaired) electrons. The lowest BCUT2D eigenvalue weighted by Crippen LogP contribution is -1.94. The molecule has 0 aliphatic rings. The summed E-state index contributed by atoms with van der Waals surface area (Å²) in [7, 11) is 0. The van der Waals surface area contributed by atoms with E-state index in [-0.39, 0.29) is 6.10 Å². The Labute approximate surface area is 66.8 Å². The zero-order valence-electron chi connectivity index (χ0n) is 6.79. The van der Waals surface area contributed by atoms with Gasteiger partial charge in [0.25, 0.3) is 0 Å². The number of aliphatic hydroxyl groups is 1. The molecule has 0 amide bonds. The molecule has 2 nitrogen and oxygen atoms in total. The van der Waals surface area contributed by atoms with Crippen LogP contribution in [0.1, 0.15) is 37.9 Å². The largest absolute Gasteiger partial charge is 0.472 e. The number of furan rings is 1. The molecule has 0 bridgehead atoms. The van der Waals surface area contributed by atoms with Crippen LogP contribution in [-0.2, 0) is 0 Å². The van der Waals surface area contributed by atoms with Gasteiger partial charge in [0.15, 0.2) is 0 Å². The van der Waals surface area contributed by atoms with E-state index in [1.807, 2.05) is 0 Å². The van der Waals surface area contributed by atoms with Gasteiger partial charge < -0.3 is 9.52 Å². The van der Waals surface area contributed by atoms with E-state index in [0.717, 1.165) is 24.8 Å². The first-order valence-electron chi connectivity index (χ1n) is 4.04. The standard InChI is InChI=1S/C9H14O2/c1-2-3-4-9(10)8-5-6-11-7-8/h5-7,9-10H,2-4H2,1H3. The Balaban J connectivity index is 2.36. The lowest BCUT2D eigenvalue weighted by atomic mass is 10.1. The van der Waals surface area contributed by atoms with E-state index >= 15 is 0 Å². The second-order valence-corrected chi connectivity index (χ2v) is 2.71. The van der Waals surface area contributed by atoms with Gasteiger partial charge in [0.1, 0.15) is 0 Å². The molecule has 2 heteroatoms. The van der Waals surface area contributed by atoms with Crippen LogP contribution in [0.2, 0.25) is 0 Å². The first-order chi connectivity index (χ1) is 5.34. The SMILES string of the molecule is CCCCC(O)c1ccoc1. The van der Waals surface area contributed by atoms with Crippen molar-refractivity contribution in [1.29, 1.82) is 0 Å². The van der Waals surface area contributed by atoms with Crippen molar-refractivity contribution in [2.24, 2.45) is 0 Å². The van der Waals surface area contributed by atoms with Gasteiger partial charge in [0.2, 0.25) is 0 Å². The molecule has 1 heterocycles. The Hall–Kier alpha value is -0.760. The van der Waals surface area contributed by atoms with Gasteiger partial charge in [-0.1, -0.05) is 19.8 Å². The zero-order valence-corrected chi connectivity index (χ0v) is 6.79. The Bertz CT molecular complexity index is 179. The van der Waals surface area contributed by atoms with Crippen LogP contribution in [0.5, 0.6) is 0 Å². The molecule has 1 atom stereocenters. The van der Waals surface area contributed by atoms with E-state index in [1.165, 1.54) is 0 Å². The van der Waals surface area contributed by atoms with Crippen molar-refractivity contribution in [3.63, 3.8) is 0 Å². The predicted octanol–water partition coefficient (Wildman–Crippen LogP) is 2.50. The van der Waals surface area contributed by atoms with Gasteiger partial charge in [0.05, 0.1) is 18.6 Å². The third-order valence-electron chi connectivity index (χ3n) is 1.76. The molecule has 1 aromatic heterocycles. The quantitative estimate of drug-likeness (QED) is 0.722. The number of hydrogen-bond donors (Lipinski definition) is 1. The molecule has 0 saturated heterocycles. The molecule has 62 valence electrons. The molecule has 1 unspecified atom stereocenters. The summed E-state index contributed by atoms with van der Waals surface area (Å²) < 4.78 is 4.86. The van der Waals surface area contributed by atoms with Crippen LogP contribution >= 0.6 is 0 Å². The molecular weight excluding hydrogens is 140 g/mol. The number of unbranched alkanes of at least 4 members (excludes halogenated alkanes) is 1. The lowest BCUT2D eigenvalue weighted by Gasteiger charge is -2.05. The monoisotopic (exact) mass is 154 g/mol. The van der Waals surface area contributed by atoms with E-state index in [2.05, 4.69) is 6.92 Å². The number of aliphatic hydroxyl groups excluding tert-OH is 1. The second kappa shape index (κ2) is 4.19. The Morgan fingerprint density at radius 1 is 1.64 bits per heavy atom. The van der Waals surface area contributed by atoms with Crippen molar-refractivity contribution >= 4 is 0 Å². The van der Waals surface area contributed by atoms with E-state index in [9.17, 15) is 5.11 Å². The van der Waals surface area contributed by atoms with Gasteiger partial charge in [-0.2, -0.15) is 0 Å². The molecule has 0 aliphatic carbocycles. The summed E-state index contributed by atoms with van der Waals surface area (Å²) in [5.74, 6) is 0. The van der Waals surface area contributed by atoms with Crippen LogP contribution in [0.3, 0.4) is 0 Å². The molecule has 0 aliphatic heterocycles. The average molecular weight is 154 g/mol. The molecular formula is C9H14O2. The second-order valence-electron chi connectivity index (χ2n) is 2.71. The van der Waals surface area contributed by atoms with Crippen LogP contribution in [0.15, 0.2) is 23.0 Å². The number of hydrogen-bond acceptors (Lipinski definition) is 2. The zero-order chi connectivity index (χ0) is 8.10. The van der Waals surface area contributed by atoms with Gasteiger partial charge >= 0.3 is 0 Å². The third kappa shape index (κ3) is 2.39. The van der Waals surface area contributed by atoms with Crippen LogP contribution < -0.4 is 0 Å². The van der Waals surface area contributed by atoms with Crippen LogP contribution in [-0.4, -0.2) is 5.11 Å². The van der Waals surface area contributed by atoms with Gasteiger partial charge in [-0.3, -0.25) is 0 Å². The van der Waals surface area contributed by atoms with Crippen molar-refractivity contribution in [3.05, 3.63) is 24.2 Å². The van der Waals surface area contributed by atoms with E-state index in [1.54, 1.807) is 18.6 Å². The van der Waals surface area contributed by atoms with E-state index < -0.39 is 0 Å². The maximum atomic E-state index is 9.48. The van der Waals surface area contributed by atoms with Crippen molar-refractivity contribution in [1.82, 2.24) is 0 Å². The number of rotatable bonds is 4. The van der Waals surface area contributed by atoms with Crippen molar-refractivity contribution < 1.29 is 9.52 Å². The molecule has 0 aromatic carbocycles. The minimum atomic E-state index is -0.339. The summed E-state index contributed by atoms with van der Waals surface area (Å²) in [5, 5.41) is 9.48. The average Bonchev–Trinajstić information content (AvgIpc) is 2.52. The maximum absolute atomic E-state index is 9.48. The summed E-state index contributed by atoms with van der Waals surface area (Å²) >= 11 is 0. The molecule has 11 heavy (non-hydrogen) atoms. The fourth-order valence-electron chi connectivity index (χ4n) is 1.03. The fraction of sp³-hybridized carbons (Fsp3) is 0.556. The maximum Gasteiger partial charge on any atom is 0.0960 e. The van der Waals surface area contributed by atoms with E-state index in [0.29, 0.717) is 0 Å². The molecule has 1 N–H and O–H groups in total.